The Morgan fingerprint density at radius 2 is 2.06 bits per heavy atom. The molecular weight excluding hydrogens is 248 g/mol. The molecule has 0 radical (unpaired) electrons. The van der Waals surface area contributed by atoms with Gasteiger partial charge in [0.2, 0.25) is 10.0 Å². The van der Waals surface area contributed by atoms with E-state index in [1.165, 1.54) is 18.2 Å². The van der Waals surface area contributed by atoms with Gasteiger partial charge in [-0.25, -0.2) is 13.1 Å². The highest BCUT2D eigenvalue weighted by Crippen LogP contribution is 2.23. The van der Waals surface area contributed by atoms with Gasteiger partial charge in [-0.1, -0.05) is 25.4 Å². The Morgan fingerprint density at radius 1 is 1.44 bits per heavy atom. The molecule has 1 aromatic rings. The van der Waals surface area contributed by atoms with Crippen molar-refractivity contribution in [2.24, 2.45) is 5.92 Å². The van der Waals surface area contributed by atoms with Crippen LogP contribution in [0, 0.1) is 5.92 Å². The number of nitrogens with two attached hydrogens (primary N) is 1. The lowest BCUT2D eigenvalue weighted by molar-refractivity contribution is 0.560. The number of anilines is 1. The van der Waals surface area contributed by atoms with Gasteiger partial charge in [0.1, 0.15) is 4.90 Å². The van der Waals surface area contributed by atoms with Crippen LogP contribution in [0.5, 0.6) is 0 Å². The van der Waals surface area contributed by atoms with E-state index in [0.717, 1.165) is 0 Å². The predicted molar refractivity (Wildman–Crippen MR) is 65.9 cm³/mol. The number of halogens is 1. The fourth-order valence-corrected chi connectivity index (χ4v) is 2.85. The van der Waals surface area contributed by atoms with E-state index in [9.17, 15) is 8.42 Å². The zero-order valence-electron chi connectivity index (χ0n) is 9.20. The van der Waals surface area contributed by atoms with Crippen LogP contribution >= 0.6 is 11.6 Å². The molecule has 90 valence electrons. The fraction of sp³-hybridized carbons (Fsp3) is 0.400. The number of benzene rings is 1. The molecule has 0 fully saturated rings. The molecule has 0 atom stereocenters. The summed E-state index contributed by atoms with van der Waals surface area (Å²) in [5.41, 5.74) is 5.93. The molecular formula is C10H15ClN2O2S. The van der Waals surface area contributed by atoms with Crippen LogP contribution in [0.15, 0.2) is 23.1 Å². The first kappa shape index (κ1) is 13.3. The summed E-state index contributed by atoms with van der Waals surface area (Å²) >= 11 is 5.83. The molecule has 16 heavy (non-hydrogen) atoms. The molecule has 0 amide bonds. The molecule has 0 aliphatic carbocycles. The summed E-state index contributed by atoms with van der Waals surface area (Å²) in [4.78, 5) is 0.0593. The van der Waals surface area contributed by atoms with Gasteiger partial charge in [-0.05, 0) is 24.1 Å². The van der Waals surface area contributed by atoms with E-state index in [4.69, 9.17) is 17.3 Å². The van der Waals surface area contributed by atoms with Crippen LogP contribution in [0.1, 0.15) is 13.8 Å². The molecule has 3 N–H and O–H groups in total. The Labute approximate surface area is 101 Å². The van der Waals surface area contributed by atoms with Gasteiger partial charge in [0, 0.05) is 12.2 Å². The summed E-state index contributed by atoms with van der Waals surface area (Å²) in [5, 5.41) is 0.135. The Morgan fingerprint density at radius 3 is 2.56 bits per heavy atom. The van der Waals surface area contributed by atoms with Crippen molar-refractivity contribution in [1.82, 2.24) is 4.72 Å². The summed E-state index contributed by atoms with van der Waals surface area (Å²) in [6.45, 7) is 4.23. The van der Waals surface area contributed by atoms with Crippen molar-refractivity contribution >= 4 is 27.3 Å². The van der Waals surface area contributed by atoms with Crippen LogP contribution in [0.2, 0.25) is 5.02 Å². The normalized spacial score (nSPS) is 12.0. The first-order chi connectivity index (χ1) is 7.33. The lowest BCUT2D eigenvalue weighted by Gasteiger charge is -2.10. The molecule has 0 aliphatic heterocycles. The zero-order chi connectivity index (χ0) is 12.3. The van der Waals surface area contributed by atoms with E-state index in [0.29, 0.717) is 12.2 Å². The van der Waals surface area contributed by atoms with Gasteiger partial charge >= 0.3 is 0 Å². The maximum absolute atomic E-state index is 11.8. The van der Waals surface area contributed by atoms with Crippen LogP contribution < -0.4 is 10.5 Å². The van der Waals surface area contributed by atoms with Crippen LogP contribution in [0.25, 0.3) is 0 Å². The predicted octanol–water partition coefficient (Wildman–Crippen LogP) is 1.86. The van der Waals surface area contributed by atoms with Gasteiger partial charge in [-0.3, -0.25) is 0 Å². The third kappa shape index (κ3) is 3.37. The molecule has 0 unspecified atom stereocenters. The van der Waals surface area contributed by atoms with E-state index in [2.05, 4.69) is 4.72 Å². The minimum Gasteiger partial charge on any atom is -0.399 e. The van der Waals surface area contributed by atoms with E-state index in [-0.39, 0.29) is 15.8 Å². The summed E-state index contributed by atoms with van der Waals surface area (Å²) in [5.74, 6) is 0.238. The lowest BCUT2D eigenvalue weighted by atomic mass is 10.2. The molecule has 0 aliphatic rings. The molecule has 1 aromatic carbocycles. The Kier molecular flexibility index (Phi) is 4.18. The summed E-state index contributed by atoms with van der Waals surface area (Å²) in [7, 11) is -3.54. The first-order valence-electron chi connectivity index (χ1n) is 4.87. The largest absolute Gasteiger partial charge is 0.399 e. The molecule has 1 rings (SSSR count). The second kappa shape index (κ2) is 5.03. The highest BCUT2D eigenvalue weighted by atomic mass is 35.5. The standard InChI is InChI=1S/C10H15ClN2O2S/c1-7(2)6-13-16(14,15)10-4-3-8(12)5-9(10)11/h3-5,7,13H,6,12H2,1-2H3. The third-order valence-corrected chi connectivity index (χ3v) is 3.83. The molecule has 0 saturated heterocycles. The average Bonchev–Trinajstić information content (AvgIpc) is 2.14. The Balaban J connectivity index is 2.99. The van der Waals surface area contributed by atoms with Crippen molar-refractivity contribution in [2.45, 2.75) is 18.7 Å². The monoisotopic (exact) mass is 262 g/mol. The third-order valence-electron chi connectivity index (χ3n) is 1.93. The maximum Gasteiger partial charge on any atom is 0.242 e. The number of hydrogen-bond donors (Lipinski definition) is 2. The van der Waals surface area contributed by atoms with Crippen molar-refractivity contribution < 1.29 is 8.42 Å². The number of rotatable bonds is 4. The van der Waals surface area contributed by atoms with Gasteiger partial charge in [-0.15, -0.1) is 0 Å². The SMILES string of the molecule is CC(C)CNS(=O)(=O)c1ccc(N)cc1Cl. The first-order valence-corrected chi connectivity index (χ1v) is 6.73. The van der Waals surface area contributed by atoms with Gasteiger partial charge in [0.25, 0.3) is 0 Å². The zero-order valence-corrected chi connectivity index (χ0v) is 10.8. The highest BCUT2D eigenvalue weighted by molar-refractivity contribution is 7.89. The second-order valence-electron chi connectivity index (χ2n) is 3.94. The van der Waals surface area contributed by atoms with Crippen molar-refractivity contribution in [3.8, 4) is 0 Å². The van der Waals surface area contributed by atoms with Crippen LogP contribution in [-0.2, 0) is 10.0 Å². The quantitative estimate of drug-likeness (QED) is 0.814. The molecule has 0 saturated carbocycles. The summed E-state index contributed by atoms with van der Waals surface area (Å²) in [6, 6.07) is 4.33. The topological polar surface area (TPSA) is 72.2 Å². The van der Waals surface area contributed by atoms with Crippen molar-refractivity contribution in [3.63, 3.8) is 0 Å². The van der Waals surface area contributed by atoms with E-state index < -0.39 is 10.0 Å². The van der Waals surface area contributed by atoms with Crippen LogP contribution in [0.4, 0.5) is 5.69 Å². The highest BCUT2D eigenvalue weighted by Gasteiger charge is 2.17. The molecule has 0 bridgehead atoms. The van der Waals surface area contributed by atoms with E-state index in [1.54, 1.807) is 0 Å². The van der Waals surface area contributed by atoms with Gasteiger partial charge in [0.05, 0.1) is 5.02 Å². The molecule has 4 nitrogen and oxygen atoms in total. The number of nitrogens with one attached hydrogen (secondary N) is 1. The van der Waals surface area contributed by atoms with Crippen molar-refractivity contribution in [3.05, 3.63) is 23.2 Å². The molecule has 0 aromatic heterocycles. The second-order valence-corrected chi connectivity index (χ2v) is 6.08. The van der Waals surface area contributed by atoms with Gasteiger partial charge in [-0.2, -0.15) is 0 Å². The van der Waals surface area contributed by atoms with Crippen LogP contribution in [-0.4, -0.2) is 15.0 Å². The van der Waals surface area contributed by atoms with Crippen molar-refractivity contribution in [2.75, 3.05) is 12.3 Å². The fourth-order valence-electron chi connectivity index (χ4n) is 1.09. The number of hydrogen-bond acceptors (Lipinski definition) is 3. The van der Waals surface area contributed by atoms with E-state index >= 15 is 0 Å². The average molecular weight is 263 g/mol. The Hall–Kier alpha value is -0.780. The minimum absolute atomic E-state index is 0.0593. The molecule has 0 heterocycles. The lowest BCUT2D eigenvalue weighted by Crippen LogP contribution is -2.27. The minimum atomic E-state index is -3.54. The van der Waals surface area contributed by atoms with Crippen LogP contribution in [0.3, 0.4) is 0 Å². The Bertz CT molecular complexity index is 472. The smallest absolute Gasteiger partial charge is 0.242 e. The summed E-state index contributed by atoms with van der Waals surface area (Å²) in [6.07, 6.45) is 0. The van der Waals surface area contributed by atoms with Crippen molar-refractivity contribution in [1.29, 1.82) is 0 Å². The maximum atomic E-state index is 11.8. The number of nitrogen functional groups attached to an aromatic ring is 1. The van der Waals surface area contributed by atoms with Gasteiger partial charge < -0.3 is 5.73 Å². The molecule has 0 spiro atoms. The molecule has 6 heteroatoms. The van der Waals surface area contributed by atoms with Gasteiger partial charge in [0.15, 0.2) is 0 Å². The number of sulfonamides is 1. The summed E-state index contributed by atoms with van der Waals surface area (Å²) < 4.78 is 26.1. The van der Waals surface area contributed by atoms with E-state index in [1.807, 2.05) is 13.8 Å².